The van der Waals surface area contributed by atoms with Gasteiger partial charge in [0, 0.05) is 11.6 Å². The Balaban J connectivity index is 1.84. The summed E-state index contributed by atoms with van der Waals surface area (Å²) < 4.78 is 24.9. The van der Waals surface area contributed by atoms with E-state index in [9.17, 15) is 18.0 Å². The third kappa shape index (κ3) is 2.58. The molecule has 0 saturated carbocycles. The first-order valence-electron chi connectivity index (χ1n) is 6.63. The molecule has 0 saturated heterocycles. The van der Waals surface area contributed by atoms with Crippen LogP contribution < -0.4 is 5.32 Å². The molecule has 3 rings (SSSR count). The maximum absolute atomic E-state index is 12.3. The number of sulfonamides is 1. The third-order valence-electron chi connectivity index (χ3n) is 3.39. The number of imide groups is 1. The molecule has 0 aromatic heterocycles. The Bertz CT molecular complexity index is 911. The topological polar surface area (TPSA) is 83.6 Å². The monoisotopic (exact) mass is 350 g/mol. The van der Waals surface area contributed by atoms with Gasteiger partial charge in [0.25, 0.3) is 15.9 Å². The van der Waals surface area contributed by atoms with Crippen LogP contribution in [0, 0.1) is 0 Å². The molecule has 3 amide bonds. The average Bonchev–Trinajstić information content (AvgIpc) is 2.73. The van der Waals surface area contributed by atoms with Gasteiger partial charge < -0.3 is 5.32 Å². The Labute approximate surface area is 137 Å². The summed E-state index contributed by atoms with van der Waals surface area (Å²) in [5.74, 6) is -0.864. The Morgan fingerprint density at radius 1 is 1.09 bits per heavy atom. The lowest BCUT2D eigenvalue weighted by atomic mass is 10.2. The van der Waals surface area contributed by atoms with Crippen LogP contribution in [-0.2, 0) is 16.6 Å². The highest BCUT2D eigenvalue weighted by molar-refractivity contribution is 7.90. The van der Waals surface area contributed by atoms with Crippen molar-refractivity contribution in [3.05, 3.63) is 64.7 Å². The summed E-state index contributed by atoms with van der Waals surface area (Å²) in [4.78, 5) is 24.2. The molecule has 1 heterocycles. The van der Waals surface area contributed by atoms with E-state index in [4.69, 9.17) is 11.6 Å². The Morgan fingerprint density at radius 2 is 1.74 bits per heavy atom. The molecule has 1 aliphatic heterocycles. The van der Waals surface area contributed by atoms with Crippen molar-refractivity contribution < 1.29 is 18.0 Å². The lowest BCUT2D eigenvalue weighted by Gasteiger charge is -2.14. The molecule has 2 aromatic carbocycles. The van der Waals surface area contributed by atoms with Gasteiger partial charge in [-0.15, -0.1) is 4.31 Å². The number of rotatable bonds is 2. The van der Waals surface area contributed by atoms with Crippen LogP contribution in [0.25, 0.3) is 0 Å². The number of carbonyl (C=O) groups excluding carboxylic acids is 2. The lowest BCUT2D eigenvalue weighted by molar-refractivity contribution is 0.0893. The predicted octanol–water partition coefficient (Wildman–Crippen LogP) is 2.39. The molecule has 0 unspecified atom stereocenters. The molecule has 2 aromatic rings. The first-order chi connectivity index (χ1) is 10.9. The van der Waals surface area contributed by atoms with Crippen molar-refractivity contribution in [2.45, 2.75) is 11.4 Å². The second kappa shape index (κ2) is 5.68. The van der Waals surface area contributed by atoms with Crippen molar-refractivity contribution in [1.82, 2.24) is 9.62 Å². The van der Waals surface area contributed by atoms with Crippen molar-refractivity contribution in [2.75, 3.05) is 0 Å². The van der Waals surface area contributed by atoms with E-state index in [0.29, 0.717) is 10.6 Å². The van der Waals surface area contributed by atoms with E-state index >= 15 is 0 Å². The number of nitrogens with one attached hydrogen (secondary N) is 1. The number of fused-ring (bicyclic) bond motifs is 1. The Morgan fingerprint density at radius 3 is 2.43 bits per heavy atom. The average molecular weight is 351 g/mol. The highest BCUT2D eigenvalue weighted by atomic mass is 35.5. The molecule has 0 spiro atoms. The van der Waals surface area contributed by atoms with Crippen LogP contribution in [0.3, 0.4) is 0 Å². The molecular weight excluding hydrogens is 340 g/mol. The molecule has 0 radical (unpaired) electrons. The number of halogens is 1. The number of hydrogen-bond acceptors (Lipinski definition) is 4. The molecule has 0 bridgehead atoms. The van der Waals surface area contributed by atoms with Crippen molar-refractivity contribution in [2.24, 2.45) is 0 Å². The zero-order chi connectivity index (χ0) is 16.6. The summed E-state index contributed by atoms with van der Waals surface area (Å²) in [5.41, 5.74) is 0.601. The second-order valence-electron chi connectivity index (χ2n) is 4.82. The SMILES string of the molecule is O=C(NCc1ccccc1Cl)N1C(=O)c2ccccc2S1(=O)=O. The third-order valence-corrected chi connectivity index (χ3v) is 5.49. The fraction of sp³-hybridized carbons (Fsp3) is 0.0667. The zero-order valence-electron chi connectivity index (χ0n) is 11.7. The minimum atomic E-state index is -4.17. The van der Waals surface area contributed by atoms with Gasteiger partial charge in [-0.3, -0.25) is 4.79 Å². The van der Waals surface area contributed by atoms with Crippen LogP contribution in [0.15, 0.2) is 53.4 Å². The zero-order valence-corrected chi connectivity index (χ0v) is 13.3. The van der Waals surface area contributed by atoms with Crippen molar-refractivity contribution in [3.8, 4) is 0 Å². The number of carbonyl (C=O) groups is 2. The van der Waals surface area contributed by atoms with E-state index < -0.39 is 22.0 Å². The lowest BCUT2D eigenvalue weighted by Crippen LogP contribution is -2.43. The maximum Gasteiger partial charge on any atom is 0.339 e. The van der Waals surface area contributed by atoms with Gasteiger partial charge in [0.2, 0.25) is 0 Å². The van der Waals surface area contributed by atoms with Crippen molar-refractivity contribution >= 4 is 33.6 Å². The Kier molecular flexibility index (Phi) is 3.83. The van der Waals surface area contributed by atoms with Gasteiger partial charge in [0.1, 0.15) is 4.90 Å². The number of amides is 3. The van der Waals surface area contributed by atoms with Gasteiger partial charge in [-0.1, -0.05) is 41.9 Å². The summed E-state index contributed by atoms with van der Waals surface area (Å²) in [6, 6.07) is 11.5. The van der Waals surface area contributed by atoms with Crippen LogP contribution in [0.5, 0.6) is 0 Å². The first kappa shape index (κ1) is 15.5. The summed E-state index contributed by atoms with van der Waals surface area (Å²) in [5, 5.41) is 2.84. The minimum absolute atomic E-state index is 0.00809. The van der Waals surface area contributed by atoms with Gasteiger partial charge in [0.05, 0.1) is 5.56 Å². The van der Waals surface area contributed by atoms with E-state index in [1.807, 2.05) is 0 Å². The largest absolute Gasteiger partial charge is 0.339 e. The molecule has 0 aliphatic carbocycles. The molecule has 0 atom stereocenters. The van der Waals surface area contributed by atoms with Crippen molar-refractivity contribution in [1.29, 1.82) is 0 Å². The molecule has 8 heteroatoms. The molecule has 1 N–H and O–H groups in total. The quantitative estimate of drug-likeness (QED) is 0.901. The van der Waals surface area contributed by atoms with Crippen LogP contribution in [-0.4, -0.2) is 24.7 Å². The van der Waals surface area contributed by atoms with Crippen molar-refractivity contribution in [3.63, 3.8) is 0 Å². The van der Waals surface area contributed by atoms with Gasteiger partial charge in [0.15, 0.2) is 0 Å². The van der Waals surface area contributed by atoms with Gasteiger partial charge in [-0.25, -0.2) is 13.2 Å². The standard InChI is InChI=1S/C15H11ClN2O4S/c16-12-7-3-1-5-10(12)9-17-15(20)18-14(19)11-6-2-4-8-13(11)23(18,21)22/h1-8H,9H2,(H,17,20). The summed E-state index contributed by atoms with van der Waals surface area (Å²) >= 11 is 5.97. The van der Waals surface area contributed by atoms with Gasteiger partial charge in [-0.05, 0) is 23.8 Å². The number of urea groups is 1. The number of nitrogens with zero attached hydrogens (tertiary/aromatic N) is 1. The van der Waals surface area contributed by atoms with Crippen LogP contribution >= 0.6 is 11.6 Å². The number of hydrogen-bond donors (Lipinski definition) is 1. The normalized spacial score (nSPS) is 15.3. The highest BCUT2D eigenvalue weighted by Crippen LogP contribution is 2.29. The van der Waals surface area contributed by atoms with Gasteiger partial charge >= 0.3 is 6.03 Å². The molecular formula is C15H11ClN2O4S. The molecule has 118 valence electrons. The van der Waals surface area contributed by atoms with Crippen LogP contribution in [0.4, 0.5) is 4.79 Å². The second-order valence-corrected chi connectivity index (χ2v) is 6.98. The van der Waals surface area contributed by atoms with Crippen LogP contribution in [0.1, 0.15) is 15.9 Å². The summed E-state index contributed by atoms with van der Waals surface area (Å²) in [6.07, 6.45) is 0. The van der Waals surface area contributed by atoms with Gasteiger partial charge in [-0.2, -0.15) is 0 Å². The maximum atomic E-state index is 12.3. The molecule has 6 nitrogen and oxygen atoms in total. The van der Waals surface area contributed by atoms with E-state index in [1.54, 1.807) is 24.3 Å². The number of benzene rings is 2. The minimum Gasteiger partial charge on any atom is -0.333 e. The van der Waals surface area contributed by atoms with E-state index in [2.05, 4.69) is 5.32 Å². The predicted molar refractivity (Wildman–Crippen MR) is 83.5 cm³/mol. The molecule has 23 heavy (non-hydrogen) atoms. The highest BCUT2D eigenvalue weighted by Gasteiger charge is 2.45. The fourth-order valence-electron chi connectivity index (χ4n) is 2.27. The molecule has 1 aliphatic rings. The molecule has 0 fully saturated rings. The summed E-state index contributed by atoms with van der Waals surface area (Å²) in [7, 11) is -4.17. The fourth-order valence-corrected chi connectivity index (χ4v) is 3.95. The Hall–Kier alpha value is -2.38. The van der Waals surface area contributed by atoms with E-state index in [-0.39, 0.29) is 21.3 Å². The first-order valence-corrected chi connectivity index (χ1v) is 8.44. The smallest absolute Gasteiger partial charge is 0.333 e. The van der Waals surface area contributed by atoms with E-state index in [1.165, 1.54) is 24.3 Å². The summed E-state index contributed by atoms with van der Waals surface area (Å²) in [6.45, 7) is 0.00809. The van der Waals surface area contributed by atoms with Crippen LogP contribution in [0.2, 0.25) is 5.02 Å². The van der Waals surface area contributed by atoms with E-state index in [0.717, 1.165) is 0 Å².